The summed E-state index contributed by atoms with van der Waals surface area (Å²) in [7, 11) is 0. The molecule has 0 aliphatic rings. The number of hydrogen-bond acceptors (Lipinski definition) is 1. The molecule has 0 fully saturated rings. The summed E-state index contributed by atoms with van der Waals surface area (Å²) in [6, 6.07) is 30.3. The molecule has 4 aromatic rings. The second-order valence-corrected chi connectivity index (χ2v) is 7.38. The van der Waals surface area contributed by atoms with Crippen LogP contribution in [0.1, 0.15) is 35.4 Å². The third kappa shape index (κ3) is 4.52. The zero-order valence-electron chi connectivity index (χ0n) is 16.3. The van der Waals surface area contributed by atoms with Gasteiger partial charge in [0.1, 0.15) is 0 Å². The number of fused-ring (bicyclic) bond motifs is 1. The van der Waals surface area contributed by atoms with E-state index in [0.29, 0.717) is 5.92 Å². The van der Waals surface area contributed by atoms with Gasteiger partial charge in [-0.15, -0.1) is 0 Å². The standard InChI is InChI=1S/C26H28N2/c1-3-10-21(11-4-1)24(22-12-5-2-6-13-22)15-9-18-27-19-17-23-20-28-26-16-8-7-14-25(23)26/h1-8,10-14,16,20,24,27-28H,9,15,17-19H2. The summed E-state index contributed by atoms with van der Waals surface area (Å²) in [4.78, 5) is 3.36. The number of para-hydroxylation sites is 1. The molecule has 28 heavy (non-hydrogen) atoms. The van der Waals surface area contributed by atoms with Crippen LogP contribution >= 0.6 is 0 Å². The maximum atomic E-state index is 3.63. The van der Waals surface area contributed by atoms with Crippen molar-refractivity contribution in [2.75, 3.05) is 13.1 Å². The van der Waals surface area contributed by atoms with Crippen molar-refractivity contribution in [3.63, 3.8) is 0 Å². The van der Waals surface area contributed by atoms with Gasteiger partial charge < -0.3 is 10.3 Å². The fourth-order valence-electron chi connectivity index (χ4n) is 4.01. The minimum absolute atomic E-state index is 0.470. The Morgan fingerprint density at radius 1 is 0.714 bits per heavy atom. The molecule has 2 N–H and O–H groups in total. The lowest BCUT2D eigenvalue weighted by Crippen LogP contribution is -2.19. The minimum Gasteiger partial charge on any atom is -0.361 e. The van der Waals surface area contributed by atoms with Crippen LogP contribution in [-0.2, 0) is 6.42 Å². The third-order valence-corrected chi connectivity index (χ3v) is 5.50. The lowest BCUT2D eigenvalue weighted by molar-refractivity contribution is 0.594. The maximum Gasteiger partial charge on any atom is 0.0456 e. The highest BCUT2D eigenvalue weighted by Crippen LogP contribution is 2.28. The molecular weight excluding hydrogens is 340 g/mol. The van der Waals surface area contributed by atoms with Gasteiger partial charge in [0, 0.05) is 23.0 Å². The van der Waals surface area contributed by atoms with Crippen LogP contribution in [0.3, 0.4) is 0 Å². The monoisotopic (exact) mass is 368 g/mol. The van der Waals surface area contributed by atoms with E-state index in [0.717, 1.165) is 25.9 Å². The number of nitrogens with one attached hydrogen (secondary N) is 2. The summed E-state index contributed by atoms with van der Waals surface area (Å²) in [6.45, 7) is 2.07. The molecule has 0 bridgehead atoms. The lowest BCUT2D eigenvalue weighted by Gasteiger charge is -2.18. The predicted molar refractivity (Wildman–Crippen MR) is 119 cm³/mol. The topological polar surface area (TPSA) is 27.8 Å². The number of H-pyrrole nitrogens is 1. The molecular formula is C26H28N2. The molecule has 0 aliphatic carbocycles. The first-order chi connectivity index (χ1) is 13.9. The second-order valence-electron chi connectivity index (χ2n) is 7.38. The summed E-state index contributed by atoms with van der Waals surface area (Å²) in [5, 5.41) is 4.98. The molecule has 0 unspecified atom stereocenters. The highest BCUT2D eigenvalue weighted by atomic mass is 14.8. The summed E-state index contributed by atoms with van der Waals surface area (Å²) >= 11 is 0. The number of aromatic amines is 1. The zero-order chi connectivity index (χ0) is 19.0. The van der Waals surface area contributed by atoms with Crippen LogP contribution in [-0.4, -0.2) is 18.1 Å². The second kappa shape index (κ2) is 9.38. The number of aromatic nitrogens is 1. The van der Waals surface area contributed by atoms with Crippen molar-refractivity contribution in [1.29, 1.82) is 0 Å². The van der Waals surface area contributed by atoms with E-state index in [1.54, 1.807) is 0 Å². The van der Waals surface area contributed by atoms with Crippen LogP contribution in [0.25, 0.3) is 10.9 Å². The molecule has 0 atom stereocenters. The van der Waals surface area contributed by atoms with Crippen molar-refractivity contribution in [3.05, 3.63) is 108 Å². The van der Waals surface area contributed by atoms with Crippen molar-refractivity contribution in [2.45, 2.75) is 25.2 Å². The van der Waals surface area contributed by atoms with E-state index in [4.69, 9.17) is 0 Å². The molecule has 0 saturated heterocycles. The number of rotatable bonds is 9. The highest BCUT2D eigenvalue weighted by molar-refractivity contribution is 5.83. The highest BCUT2D eigenvalue weighted by Gasteiger charge is 2.13. The average Bonchev–Trinajstić information content (AvgIpc) is 3.18. The van der Waals surface area contributed by atoms with Gasteiger partial charge in [0.25, 0.3) is 0 Å². The first-order valence-electron chi connectivity index (χ1n) is 10.3. The van der Waals surface area contributed by atoms with Crippen molar-refractivity contribution in [3.8, 4) is 0 Å². The van der Waals surface area contributed by atoms with Crippen LogP contribution < -0.4 is 5.32 Å². The maximum absolute atomic E-state index is 3.63. The largest absolute Gasteiger partial charge is 0.361 e. The van der Waals surface area contributed by atoms with Crippen molar-refractivity contribution < 1.29 is 0 Å². The van der Waals surface area contributed by atoms with Gasteiger partial charge in [0.15, 0.2) is 0 Å². The van der Waals surface area contributed by atoms with Gasteiger partial charge in [0.05, 0.1) is 0 Å². The number of hydrogen-bond donors (Lipinski definition) is 2. The normalized spacial score (nSPS) is 11.3. The summed E-state index contributed by atoms with van der Waals surface area (Å²) in [5.74, 6) is 0.470. The van der Waals surface area contributed by atoms with Gasteiger partial charge in [-0.1, -0.05) is 78.9 Å². The smallest absolute Gasteiger partial charge is 0.0456 e. The first kappa shape index (κ1) is 18.5. The van der Waals surface area contributed by atoms with Gasteiger partial charge in [0.2, 0.25) is 0 Å². The van der Waals surface area contributed by atoms with Gasteiger partial charge in [-0.2, -0.15) is 0 Å². The Balaban J connectivity index is 1.28. The molecule has 0 saturated carbocycles. The van der Waals surface area contributed by atoms with Crippen molar-refractivity contribution >= 4 is 10.9 Å². The molecule has 3 aromatic carbocycles. The van der Waals surface area contributed by atoms with E-state index in [-0.39, 0.29) is 0 Å². The van der Waals surface area contributed by atoms with E-state index < -0.39 is 0 Å². The molecule has 4 rings (SSSR count). The third-order valence-electron chi connectivity index (χ3n) is 5.50. The van der Waals surface area contributed by atoms with Gasteiger partial charge >= 0.3 is 0 Å². The molecule has 0 spiro atoms. The molecule has 0 amide bonds. The lowest BCUT2D eigenvalue weighted by atomic mass is 9.87. The quantitative estimate of drug-likeness (QED) is 0.353. The van der Waals surface area contributed by atoms with E-state index in [2.05, 4.69) is 101 Å². The summed E-state index contributed by atoms with van der Waals surface area (Å²) in [5.41, 5.74) is 5.44. The van der Waals surface area contributed by atoms with Crippen LogP contribution in [0.15, 0.2) is 91.1 Å². The molecule has 142 valence electrons. The van der Waals surface area contributed by atoms with E-state index in [9.17, 15) is 0 Å². The first-order valence-corrected chi connectivity index (χ1v) is 10.3. The SMILES string of the molecule is c1ccc(C(CCCNCCc2c[nH]c3ccccc23)c2ccccc2)cc1. The number of benzene rings is 3. The Kier molecular flexibility index (Phi) is 6.21. The Morgan fingerprint density at radius 3 is 2.07 bits per heavy atom. The average molecular weight is 369 g/mol. The Labute approximate surface area is 167 Å². The summed E-state index contributed by atoms with van der Waals surface area (Å²) < 4.78 is 0. The van der Waals surface area contributed by atoms with Crippen molar-refractivity contribution in [2.24, 2.45) is 0 Å². The minimum atomic E-state index is 0.470. The van der Waals surface area contributed by atoms with Gasteiger partial charge in [-0.3, -0.25) is 0 Å². The fraction of sp³-hybridized carbons (Fsp3) is 0.231. The molecule has 1 heterocycles. The van der Waals surface area contributed by atoms with Gasteiger partial charge in [-0.05, 0) is 55.1 Å². The Bertz CT molecular complexity index is 933. The van der Waals surface area contributed by atoms with Crippen LogP contribution in [0.2, 0.25) is 0 Å². The van der Waals surface area contributed by atoms with Crippen LogP contribution in [0, 0.1) is 0 Å². The molecule has 1 aromatic heterocycles. The Morgan fingerprint density at radius 2 is 1.36 bits per heavy atom. The van der Waals surface area contributed by atoms with Crippen LogP contribution in [0.5, 0.6) is 0 Å². The van der Waals surface area contributed by atoms with Gasteiger partial charge in [-0.25, -0.2) is 0 Å². The van der Waals surface area contributed by atoms with E-state index in [1.807, 2.05) is 0 Å². The fourth-order valence-corrected chi connectivity index (χ4v) is 4.01. The summed E-state index contributed by atoms with van der Waals surface area (Å²) in [6.07, 6.45) is 5.54. The Hall–Kier alpha value is -2.84. The molecule has 0 aliphatic heterocycles. The predicted octanol–water partition coefficient (Wildman–Crippen LogP) is 5.91. The van der Waals surface area contributed by atoms with E-state index >= 15 is 0 Å². The van der Waals surface area contributed by atoms with Crippen molar-refractivity contribution in [1.82, 2.24) is 10.3 Å². The van der Waals surface area contributed by atoms with Crippen LogP contribution in [0.4, 0.5) is 0 Å². The molecule has 2 heteroatoms. The molecule has 0 radical (unpaired) electrons. The molecule has 2 nitrogen and oxygen atoms in total. The zero-order valence-corrected chi connectivity index (χ0v) is 16.3. The van der Waals surface area contributed by atoms with E-state index in [1.165, 1.54) is 34.0 Å².